The summed E-state index contributed by atoms with van der Waals surface area (Å²) in [7, 11) is 4.02. The van der Waals surface area contributed by atoms with E-state index in [-0.39, 0.29) is 0 Å². The Kier molecular flexibility index (Phi) is 4.15. The zero-order chi connectivity index (χ0) is 15.7. The minimum absolute atomic E-state index is 0.832. The van der Waals surface area contributed by atoms with E-state index < -0.39 is 0 Å². The van der Waals surface area contributed by atoms with E-state index in [1.165, 1.54) is 4.88 Å². The highest BCUT2D eigenvalue weighted by Gasteiger charge is 2.21. The maximum absolute atomic E-state index is 4.67. The molecule has 0 unspecified atom stereocenters. The van der Waals surface area contributed by atoms with Crippen LogP contribution in [0.5, 0.6) is 0 Å². The molecule has 3 heterocycles. The van der Waals surface area contributed by atoms with E-state index in [0.717, 1.165) is 48.8 Å². The van der Waals surface area contributed by atoms with Crippen LogP contribution in [0.2, 0.25) is 0 Å². The van der Waals surface area contributed by atoms with Gasteiger partial charge in [0.15, 0.2) is 5.13 Å². The van der Waals surface area contributed by atoms with Crippen LogP contribution in [0.4, 0.5) is 16.9 Å². The van der Waals surface area contributed by atoms with Gasteiger partial charge in [0.2, 0.25) is 5.95 Å². The molecule has 2 aromatic rings. The van der Waals surface area contributed by atoms with Crippen molar-refractivity contribution in [3.05, 3.63) is 22.8 Å². The fourth-order valence-electron chi connectivity index (χ4n) is 2.49. The van der Waals surface area contributed by atoms with Crippen molar-refractivity contribution < 1.29 is 0 Å². The lowest BCUT2D eigenvalue weighted by atomic mass is 10.3. The van der Waals surface area contributed by atoms with Gasteiger partial charge in [0.05, 0.1) is 0 Å². The van der Waals surface area contributed by atoms with Gasteiger partial charge in [-0.3, -0.25) is 0 Å². The third-order valence-electron chi connectivity index (χ3n) is 3.73. The smallest absolute Gasteiger partial charge is 0.227 e. The van der Waals surface area contributed by atoms with E-state index in [4.69, 9.17) is 0 Å². The molecule has 6 nitrogen and oxygen atoms in total. The molecule has 0 radical (unpaired) electrons. The van der Waals surface area contributed by atoms with E-state index >= 15 is 0 Å². The summed E-state index contributed by atoms with van der Waals surface area (Å²) in [5, 5.41) is 1.12. The zero-order valence-electron chi connectivity index (χ0n) is 13.6. The second kappa shape index (κ2) is 6.08. The summed E-state index contributed by atoms with van der Waals surface area (Å²) in [5.41, 5.74) is 1.01. The standard InChI is InChI=1S/C15H22N6S/c1-11-9-13(19(3)4)18-14(17-11)20-5-7-21(8-6-20)15-16-10-12(2)22-15/h9-10H,5-8H2,1-4H3. The average Bonchev–Trinajstić information content (AvgIpc) is 2.93. The van der Waals surface area contributed by atoms with Crippen molar-refractivity contribution in [3.63, 3.8) is 0 Å². The second-order valence-electron chi connectivity index (χ2n) is 5.79. The van der Waals surface area contributed by atoms with Gasteiger partial charge in [0, 0.05) is 63.1 Å². The number of rotatable bonds is 3. The Morgan fingerprint density at radius 1 is 1.05 bits per heavy atom. The first-order valence-electron chi connectivity index (χ1n) is 7.48. The molecule has 0 spiro atoms. The van der Waals surface area contributed by atoms with Crippen molar-refractivity contribution >= 4 is 28.2 Å². The number of piperazine rings is 1. The first kappa shape index (κ1) is 15.0. The van der Waals surface area contributed by atoms with Crippen LogP contribution >= 0.6 is 11.3 Å². The van der Waals surface area contributed by atoms with E-state index in [2.05, 4.69) is 31.7 Å². The van der Waals surface area contributed by atoms with Gasteiger partial charge in [-0.25, -0.2) is 9.97 Å². The highest BCUT2D eigenvalue weighted by molar-refractivity contribution is 7.15. The molecule has 2 aromatic heterocycles. The van der Waals surface area contributed by atoms with Crippen molar-refractivity contribution in [2.75, 3.05) is 55.0 Å². The number of hydrogen-bond acceptors (Lipinski definition) is 7. The zero-order valence-corrected chi connectivity index (χ0v) is 14.4. The van der Waals surface area contributed by atoms with Gasteiger partial charge >= 0.3 is 0 Å². The average molecular weight is 318 g/mol. The van der Waals surface area contributed by atoms with Gasteiger partial charge in [-0.2, -0.15) is 4.98 Å². The van der Waals surface area contributed by atoms with Gasteiger partial charge in [-0.15, -0.1) is 11.3 Å². The van der Waals surface area contributed by atoms with Crippen LogP contribution in [0.15, 0.2) is 12.3 Å². The first-order valence-corrected chi connectivity index (χ1v) is 8.30. The molecule has 1 aliphatic rings. The minimum Gasteiger partial charge on any atom is -0.363 e. The maximum Gasteiger partial charge on any atom is 0.227 e. The molecule has 0 N–H and O–H groups in total. The molecule has 0 saturated carbocycles. The van der Waals surface area contributed by atoms with Crippen molar-refractivity contribution in [2.24, 2.45) is 0 Å². The number of aromatic nitrogens is 3. The highest BCUT2D eigenvalue weighted by atomic mass is 32.1. The van der Waals surface area contributed by atoms with E-state index in [9.17, 15) is 0 Å². The largest absolute Gasteiger partial charge is 0.363 e. The van der Waals surface area contributed by atoms with E-state index in [1.807, 2.05) is 38.2 Å². The lowest BCUT2D eigenvalue weighted by Crippen LogP contribution is -2.47. The van der Waals surface area contributed by atoms with Crippen LogP contribution in [-0.2, 0) is 0 Å². The topological polar surface area (TPSA) is 48.4 Å². The Bertz CT molecular complexity index is 645. The third kappa shape index (κ3) is 3.14. The number of nitrogens with zero attached hydrogens (tertiary/aromatic N) is 6. The molecule has 22 heavy (non-hydrogen) atoms. The molecule has 0 atom stereocenters. The molecule has 1 fully saturated rings. The normalized spacial score (nSPS) is 15.3. The molecule has 1 saturated heterocycles. The molecule has 3 rings (SSSR count). The highest BCUT2D eigenvalue weighted by Crippen LogP contribution is 2.24. The minimum atomic E-state index is 0.832. The molecule has 0 aromatic carbocycles. The quantitative estimate of drug-likeness (QED) is 0.862. The molecule has 0 aliphatic carbocycles. The summed E-state index contributed by atoms with van der Waals surface area (Å²) in [6.45, 7) is 7.89. The van der Waals surface area contributed by atoms with Gasteiger partial charge < -0.3 is 14.7 Å². The Morgan fingerprint density at radius 2 is 1.73 bits per heavy atom. The molecule has 118 valence electrons. The lowest BCUT2D eigenvalue weighted by molar-refractivity contribution is 0.637. The van der Waals surface area contributed by atoms with Crippen LogP contribution < -0.4 is 14.7 Å². The Labute approximate surface area is 135 Å². The van der Waals surface area contributed by atoms with E-state index in [0.29, 0.717) is 0 Å². The fraction of sp³-hybridized carbons (Fsp3) is 0.533. The molecule has 0 bridgehead atoms. The summed E-state index contributed by atoms with van der Waals surface area (Å²) in [4.78, 5) is 21.6. The fourth-order valence-corrected chi connectivity index (χ4v) is 3.30. The number of thiazole rings is 1. The van der Waals surface area contributed by atoms with Crippen LogP contribution in [0, 0.1) is 13.8 Å². The SMILES string of the molecule is Cc1cc(N(C)C)nc(N2CCN(c3ncc(C)s3)CC2)n1. The van der Waals surface area contributed by atoms with Crippen molar-refractivity contribution in [3.8, 4) is 0 Å². The van der Waals surface area contributed by atoms with Crippen LogP contribution in [0.25, 0.3) is 0 Å². The molecular weight excluding hydrogens is 296 g/mol. The van der Waals surface area contributed by atoms with Crippen LogP contribution in [0.1, 0.15) is 10.6 Å². The van der Waals surface area contributed by atoms with E-state index in [1.54, 1.807) is 11.3 Å². The molecule has 0 amide bonds. The maximum atomic E-state index is 4.67. The van der Waals surface area contributed by atoms with Crippen molar-refractivity contribution in [1.82, 2.24) is 15.0 Å². The summed E-state index contributed by atoms with van der Waals surface area (Å²) in [5.74, 6) is 1.79. The van der Waals surface area contributed by atoms with Gasteiger partial charge in [0.25, 0.3) is 0 Å². The molecular formula is C15H22N6S. The van der Waals surface area contributed by atoms with Crippen LogP contribution in [-0.4, -0.2) is 55.2 Å². The lowest BCUT2D eigenvalue weighted by Gasteiger charge is -2.34. The predicted molar refractivity (Wildman–Crippen MR) is 92.4 cm³/mol. The third-order valence-corrected chi connectivity index (χ3v) is 4.70. The summed E-state index contributed by atoms with van der Waals surface area (Å²) in [6, 6.07) is 2.01. The monoisotopic (exact) mass is 318 g/mol. The van der Waals surface area contributed by atoms with Crippen molar-refractivity contribution in [1.29, 1.82) is 0 Å². The van der Waals surface area contributed by atoms with Gasteiger partial charge in [-0.05, 0) is 13.8 Å². The first-order chi connectivity index (χ1) is 10.5. The van der Waals surface area contributed by atoms with Crippen molar-refractivity contribution in [2.45, 2.75) is 13.8 Å². The molecule has 7 heteroatoms. The molecule has 1 aliphatic heterocycles. The van der Waals surface area contributed by atoms with Gasteiger partial charge in [-0.1, -0.05) is 0 Å². The Morgan fingerprint density at radius 3 is 2.32 bits per heavy atom. The summed E-state index contributed by atoms with van der Waals surface area (Å²) >= 11 is 1.76. The number of aryl methyl sites for hydroxylation is 2. The second-order valence-corrected chi connectivity index (χ2v) is 7.00. The Balaban J connectivity index is 1.71. The predicted octanol–water partition coefficient (Wildman–Crippen LogP) is 1.94. The summed E-state index contributed by atoms with van der Waals surface area (Å²) < 4.78 is 0. The summed E-state index contributed by atoms with van der Waals surface area (Å²) in [6.07, 6.45) is 1.94. The number of hydrogen-bond donors (Lipinski definition) is 0. The van der Waals surface area contributed by atoms with Gasteiger partial charge in [0.1, 0.15) is 5.82 Å². The van der Waals surface area contributed by atoms with Crippen LogP contribution in [0.3, 0.4) is 0 Å². The Hall–Kier alpha value is -1.89. The number of anilines is 3.